The molecular formula is C26H34BrN3O4S. The molecule has 1 fully saturated rings. The van der Waals surface area contributed by atoms with Gasteiger partial charge in [-0.1, -0.05) is 71.1 Å². The molecule has 1 N–H and O–H groups in total. The zero-order valence-corrected chi connectivity index (χ0v) is 22.9. The van der Waals surface area contributed by atoms with E-state index in [2.05, 4.69) is 21.2 Å². The highest BCUT2D eigenvalue weighted by Gasteiger charge is 2.31. The first-order chi connectivity index (χ1) is 16.5. The standard InChI is InChI=1S/C26H34BrN3O4S/c1-19-9-7-10-21(15-19)17-29(20(2)26(32)28-23-12-5-4-6-13-23)25(31)18-30(35(3,33)34)24-14-8-11-22(27)16-24/h7-11,14-16,20,23H,4-6,12-13,17-18H2,1-3H3,(H,28,32). The first kappa shape index (κ1) is 27.2. The van der Waals surface area contributed by atoms with E-state index in [-0.39, 0.29) is 18.5 Å². The van der Waals surface area contributed by atoms with Gasteiger partial charge in [0.05, 0.1) is 11.9 Å². The van der Waals surface area contributed by atoms with Gasteiger partial charge in [-0.2, -0.15) is 0 Å². The van der Waals surface area contributed by atoms with Crippen molar-refractivity contribution >= 4 is 43.5 Å². The molecule has 0 radical (unpaired) electrons. The molecule has 0 bridgehead atoms. The lowest BCUT2D eigenvalue weighted by Gasteiger charge is -2.33. The number of carbonyl (C=O) groups is 2. The smallest absolute Gasteiger partial charge is 0.244 e. The van der Waals surface area contributed by atoms with Crippen LogP contribution in [0.15, 0.2) is 53.0 Å². The number of anilines is 1. The average molecular weight is 565 g/mol. The SMILES string of the molecule is Cc1cccc(CN(C(=O)CN(c2cccc(Br)c2)S(C)(=O)=O)C(C)C(=O)NC2CCCCC2)c1. The number of amides is 2. The van der Waals surface area contributed by atoms with Gasteiger partial charge < -0.3 is 10.2 Å². The third-order valence-electron chi connectivity index (χ3n) is 6.33. The third kappa shape index (κ3) is 7.80. The van der Waals surface area contributed by atoms with Gasteiger partial charge in [0.15, 0.2) is 0 Å². The highest BCUT2D eigenvalue weighted by atomic mass is 79.9. The molecule has 3 rings (SSSR count). The minimum absolute atomic E-state index is 0.115. The zero-order valence-electron chi connectivity index (χ0n) is 20.5. The second-order valence-corrected chi connectivity index (χ2v) is 12.1. The van der Waals surface area contributed by atoms with Gasteiger partial charge in [0.1, 0.15) is 12.6 Å². The number of carbonyl (C=O) groups excluding carboxylic acids is 2. The second kappa shape index (κ2) is 12.0. The molecule has 0 spiro atoms. The molecule has 2 amide bonds. The molecule has 1 unspecified atom stereocenters. The van der Waals surface area contributed by atoms with Gasteiger partial charge >= 0.3 is 0 Å². The molecule has 2 aromatic carbocycles. The average Bonchev–Trinajstić information content (AvgIpc) is 2.80. The Bertz CT molecular complexity index is 1150. The van der Waals surface area contributed by atoms with Crippen LogP contribution in [0.2, 0.25) is 0 Å². The van der Waals surface area contributed by atoms with E-state index in [0.29, 0.717) is 10.2 Å². The van der Waals surface area contributed by atoms with Crippen LogP contribution in [0.3, 0.4) is 0 Å². The Morgan fingerprint density at radius 2 is 1.77 bits per heavy atom. The molecule has 1 saturated carbocycles. The summed E-state index contributed by atoms with van der Waals surface area (Å²) < 4.78 is 27.0. The number of aryl methyl sites for hydroxylation is 1. The topological polar surface area (TPSA) is 86.8 Å². The molecule has 7 nitrogen and oxygen atoms in total. The van der Waals surface area contributed by atoms with Crippen molar-refractivity contribution in [1.29, 1.82) is 0 Å². The maximum Gasteiger partial charge on any atom is 0.244 e. The van der Waals surface area contributed by atoms with Crippen LogP contribution in [0.1, 0.15) is 50.2 Å². The van der Waals surface area contributed by atoms with E-state index >= 15 is 0 Å². The van der Waals surface area contributed by atoms with Gasteiger partial charge in [-0.25, -0.2) is 8.42 Å². The van der Waals surface area contributed by atoms with Crippen LogP contribution >= 0.6 is 15.9 Å². The van der Waals surface area contributed by atoms with E-state index < -0.39 is 28.5 Å². The van der Waals surface area contributed by atoms with Crippen molar-refractivity contribution in [2.45, 2.75) is 64.6 Å². The molecule has 9 heteroatoms. The van der Waals surface area contributed by atoms with E-state index in [1.807, 2.05) is 31.2 Å². The fourth-order valence-corrected chi connectivity index (χ4v) is 5.63. The highest BCUT2D eigenvalue weighted by molar-refractivity contribution is 9.10. The number of rotatable bonds is 9. The van der Waals surface area contributed by atoms with Crippen LogP contribution in [0.25, 0.3) is 0 Å². The number of benzene rings is 2. The zero-order chi connectivity index (χ0) is 25.6. The monoisotopic (exact) mass is 563 g/mol. The summed E-state index contributed by atoms with van der Waals surface area (Å²) in [5.41, 5.74) is 2.30. The lowest BCUT2D eigenvalue weighted by molar-refractivity contribution is -0.139. The summed E-state index contributed by atoms with van der Waals surface area (Å²) in [5.74, 6) is -0.658. The van der Waals surface area contributed by atoms with E-state index in [9.17, 15) is 18.0 Å². The molecule has 2 aromatic rings. The Labute approximate surface area is 217 Å². The van der Waals surface area contributed by atoms with Crippen LogP contribution in [-0.2, 0) is 26.2 Å². The fourth-order valence-electron chi connectivity index (χ4n) is 4.40. The van der Waals surface area contributed by atoms with Crippen LogP contribution in [0, 0.1) is 6.92 Å². The van der Waals surface area contributed by atoms with Gasteiger partial charge in [-0.15, -0.1) is 0 Å². The number of hydrogen-bond donors (Lipinski definition) is 1. The van der Waals surface area contributed by atoms with Crippen LogP contribution in [0.4, 0.5) is 5.69 Å². The van der Waals surface area contributed by atoms with E-state index in [1.165, 1.54) is 11.3 Å². The molecule has 190 valence electrons. The molecule has 35 heavy (non-hydrogen) atoms. The predicted octanol–water partition coefficient (Wildman–Crippen LogP) is 4.39. The maximum absolute atomic E-state index is 13.6. The van der Waals surface area contributed by atoms with Gasteiger partial charge in [0, 0.05) is 17.1 Å². The van der Waals surface area contributed by atoms with Gasteiger partial charge in [-0.05, 0) is 50.5 Å². The summed E-state index contributed by atoms with van der Waals surface area (Å²) in [6.07, 6.45) is 6.30. The number of sulfonamides is 1. The van der Waals surface area contributed by atoms with Crippen molar-refractivity contribution in [2.24, 2.45) is 0 Å². The number of hydrogen-bond acceptors (Lipinski definition) is 4. The summed E-state index contributed by atoms with van der Waals surface area (Å²) in [7, 11) is -3.75. The maximum atomic E-state index is 13.6. The summed E-state index contributed by atoms with van der Waals surface area (Å²) in [4.78, 5) is 28.3. The lowest BCUT2D eigenvalue weighted by Crippen LogP contribution is -2.52. The molecule has 0 heterocycles. The Morgan fingerprint density at radius 1 is 1.09 bits per heavy atom. The van der Waals surface area contributed by atoms with E-state index in [4.69, 9.17) is 0 Å². The van der Waals surface area contributed by atoms with Crippen molar-refractivity contribution in [1.82, 2.24) is 10.2 Å². The minimum atomic E-state index is -3.75. The van der Waals surface area contributed by atoms with E-state index in [0.717, 1.165) is 47.4 Å². The molecule has 1 aliphatic carbocycles. The Hall–Kier alpha value is -2.39. The molecule has 0 aromatic heterocycles. The third-order valence-corrected chi connectivity index (χ3v) is 7.96. The Morgan fingerprint density at radius 3 is 2.40 bits per heavy atom. The summed E-state index contributed by atoms with van der Waals surface area (Å²) in [5, 5.41) is 3.10. The molecule has 1 aliphatic rings. The van der Waals surface area contributed by atoms with E-state index in [1.54, 1.807) is 31.2 Å². The first-order valence-electron chi connectivity index (χ1n) is 11.9. The number of nitrogens with one attached hydrogen (secondary N) is 1. The molecule has 0 saturated heterocycles. The normalized spacial score (nSPS) is 15.3. The second-order valence-electron chi connectivity index (χ2n) is 9.28. The summed E-state index contributed by atoms with van der Waals surface area (Å²) >= 11 is 3.36. The van der Waals surface area contributed by atoms with Gasteiger partial charge in [0.2, 0.25) is 21.8 Å². The molecular weight excluding hydrogens is 530 g/mol. The van der Waals surface area contributed by atoms with Crippen molar-refractivity contribution in [2.75, 3.05) is 17.1 Å². The molecule has 0 aliphatic heterocycles. The van der Waals surface area contributed by atoms with Gasteiger partial charge in [0.25, 0.3) is 0 Å². The minimum Gasteiger partial charge on any atom is -0.352 e. The largest absolute Gasteiger partial charge is 0.352 e. The van der Waals surface area contributed by atoms with Crippen LogP contribution in [0.5, 0.6) is 0 Å². The highest BCUT2D eigenvalue weighted by Crippen LogP contribution is 2.23. The van der Waals surface area contributed by atoms with Gasteiger partial charge in [-0.3, -0.25) is 13.9 Å². The number of nitrogens with zero attached hydrogens (tertiary/aromatic N) is 2. The van der Waals surface area contributed by atoms with Crippen molar-refractivity contribution in [3.63, 3.8) is 0 Å². The van der Waals surface area contributed by atoms with Crippen molar-refractivity contribution < 1.29 is 18.0 Å². The Kier molecular flexibility index (Phi) is 9.35. The Balaban J connectivity index is 1.87. The first-order valence-corrected chi connectivity index (χ1v) is 14.6. The number of halogens is 1. The van der Waals surface area contributed by atoms with Crippen molar-refractivity contribution in [3.8, 4) is 0 Å². The summed E-state index contributed by atoms with van der Waals surface area (Å²) in [6, 6.07) is 13.9. The predicted molar refractivity (Wildman–Crippen MR) is 143 cm³/mol. The van der Waals surface area contributed by atoms with Crippen LogP contribution in [-0.4, -0.2) is 50.0 Å². The quantitative estimate of drug-likeness (QED) is 0.490. The fraction of sp³-hybridized carbons (Fsp3) is 0.462. The van der Waals surface area contributed by atoms with Crippen molar-refractivity contribution in [3.05, 3.63) is 64.1 Å². The summed E-state index contributed by atoms with van der Waals surface area (Å²) in [6.45, 7) is 3.47. The lowest BCUT2D eigenvalue weighted by atomic mass is 9.95. The van der Waals surface area contributed by atoms with Crippen LogP contribution < -0.4 is 9.62 Å². The molecule has 1 atom stereocenters.